The first-order chi connectivity index (χ1) is 8.16. The van der Waals surface area contributed by atoms with Crippen LogP contribution in [0.15, 0.2) is 0 Å². The van der Waals surface area contributed by atoms with Gasteiger partial charge >= 0.3 is 12.0 Å². The fourth-order valence-corrected chi connectivity index (χ4v) is 2.17. The lowest BCUT2D eigenvalue weighted by Gasteiger charge is -2.25. The summed E-state index contributed by atoms with van der Waals surface area (Å²) in [7, 11) is 0. The van der Waals surface area contributed by atoms with Gasteiger partial charge in [0.2, 0.25) is 0 Å². The smallest absolute Gasteiger partial charge is 0.326 e. The van der Waals surface area contributed by atoms with Gasteiger partial charge in [0.25, 0.3) is 0 Å². The standard InChI is InChI=1S/C12H20N2O3/c15-11(16)10(9-4-5-9)14-12(17)13-7-6-8-2-1-3-8/h8-10H,1-7H2,(H,15,16)(H2,13,14,17). The zero-order valence-corrected chi connectivity index (χ0v) is 9.95. The van der Waals surface area contributed by atoms with E-state index in [4.69, 9.17) is 5.11 Å². The summed E-state index contributed by atoms with van der Waals surface area (Å²) >= 11 is 0. The molecule has 3 N–H and O–H groups in total. The quantitative estimate of drug-likeness (QED) is 0.655. The van der Waals surface area contributed by atoms with Gasteiger partial charge in [-0.15, -0.1) is 0 Å². The zero-order valence-electron chi connectivity index (χ0n) is 9.95. The monoisotopic (exact) mass is 240 g/mol. The Morgan fingerprint density at radius 1 is 1.24 bits per heavy atom. The number of hydrogen-bond donors (Lipinski definition) is 3. The Kier molecular flexibility index (Phi) is 3.86. The van der Waals surface area contributed by atoms with E-state index in [9.17, 15) is 9.59 Å². The molecule has 0 aromatic rings. The molecule has 2 amide bonds. The van der Waals surface area contributed by atoms with E-state index in [0.29, 0.717) is 6.54 Å². The first-order valence-electron chi connectivity index (χ1n) is 6.44. The topological polar surface area (TPSA) is 78.4 Å². The van der Waals surface area contributed by atoms with Crippen LogP contribution >= 0.6 is 0 Å². The lowest BCUT2D eigenvalue weighted by Crippen LogP contribution is -2.47. The van der Waals surface area contributed by atoms with Crippen molar-refractivity contribution in [2.24, 2.45) is 11.8 Å². The summed E-state index contributed by atoms with van der Waals surface area (Å²) in [6.07, 6.45) is 6.65. The molecule has 0 bridgehead atoms. The molecule has 2 fully saturated rings. The zero-order chi connectivity index (χ0) is 12.3. The fraction of sp³-hybridized carbons (Fsp3) is 0.833. The number of carbonyl (C=O) groups is 2. The van der Waals surface area contributed by atoms with E-state index in [1.165, 1.54) is 19.3 Å². The third kappa shape index (κ3) is 3.61. The average molecular weight is 240 g/mol. The molecule has 0 saturated heterocycles. The summed E-state index contributed by atoms with van der Waals surface area (Å²) in [5.74, 6) is -0.0412. The molecule has 5 heteroatoms. The van der Waals surface area contributed by atoms with E-state index < -0.39 is 12.0 Å². The molecule has 0 heterocycles. The molecule has 2 rings (SSSR count). The molecular formula is C12H20N2O3. The molecule has 1 atom stereocenters. The molecule has 0 aromatic carbocycles. The van der Waals surface area contributed by atoms with Crippen molar-refractivity contribution >= 4 is 12.0 Å². The highest BCUT2D eigenvalue weighted by molar-refractivity contribution is 5.83. The molecule has 17 heavy (non-hydrogen) atoms. The van der Waals surface area contributed by atoms with Crippen molar-refractivity contribution in [1.29, 1.82) is 0 Å². The van der Waals surface area contributed by atoms with Crippen molar-refractivity contribution in [2.75, 3.05) is 6.54 Å². The minimum atomic E-state index is -0.929. The van der Waals surface area contributed by atoms with Gasteiger partial charge in [0.1, 0.15) is 6.04 Å². The summed E-state index contributed by atoms with van der Waals surface area (Å²) in [6.45, 7) is 0.646. The molecule has 0 aliphatic heterocycles. The summed E-state index contributed by atoms with van der Waals surface area (Å²) in [4.78, 5) is 22.4. The van der Waals surface area contributed by atoms with Crippen LogP contribution in [0.25, 0.3) is 0 Å². The van der Waals surface area contributed by atoms with Gasteiger partial charge in [-0.1, -0.05) is 19.3 Å². The number of rotatable bonds is 6. The van der Waals surface area contributed by atoms with E-state index in [2.05, 4.69) is 10.6 Å². The second-order valence-corrected chi connectivity index (χ2v) is 5.14. The largest absolute Gasteiger partial charge is 0.480 e. The number of aliphatic carboxylic acids is 1. The van der Waals surface area contributed by atoms with Crippen LogP contribution in [0.4, 0.5) is 4.79 Å². The first-order valence-corrected chi connectivity index (χ1v) is 6.44. The van der Waals surface area contributed by atoms with Crippen LogP contribution in [0.1, 0.15) is 38.5 Å². The van der Waals surface area contributed by atoms with Gasteiger partial charge in [-0.3, -0.25) is 0 Å². The van der Waals surface area contributed by atoms with Crippen molar-refractivity contribution in [3.05, 3.63) is 0 Å². The fourth-order valence-electron chi connectivity index (χ4n) is 2.17. The lowest BCUT2D eigenvalue weighted by molar-refractivity contribution is -0.139. The number of hydrogen-bond acceptors (Lipinski definition) is 2. The summed E-state index contributed by atoms with van der Waals surface area (Å²) in [5.41, 5.74) is 0. The maximum atomic E-state index is 11.5. The van der Waals surface area contributed by atoms with E-state index in [1.807, 2.05) is 0 Å². The highest BCUT2D eigenvalue weighted by atomic mass is 16.4. The molecule has 2 aliphatic carbocycles. The summed E-state index contributed by atoms with van der Waals surface area (Å²) in [6, 6.07) is -1.05. The van der Waals surface area contributed by atoms with Crippen molar-refractivity contribution in [1.82, 2.24) is 10.6 Å². The molecular weight excluding hydrogens is 220 g/mol. The van der Waals surface area contributed by atoms with Gasteiger partial charge in [0.15, 0.2) is 0 Å². The number of urea groups is 1. The SMILES string of the molecule is O=C(NCCC1CCC1)NC(C(=O)O)C1CC1. The maximum absolute atomic E-state index is 11.5. The van der Waals surface area contributed by atoms with Crippen LogP contribution < -0.4 is 10.6 Å². The molecule has 5 nitrogen and oxygen atoms in total. The average Bonchev–Trinajstić information content (AvgIpc) is 3.01. The Labute approximate surface area is 101 Å². The third-order valence-electron chi connectivity index (χ3n) is 3.71. The number of nitrogens with one attached hydrogen (secondary N) is 2. The van der Waals surface area contributed by atoms with E-state index in [1.54, 1.807) is 0 Å². The van der Waals surface area contributed by atoms with Crippen LogP contribution in [-0.4, -0.2) is 29.7 Å². The van der Waals surface area contributed by atoms with Gasteiger partial charge < -0.3 is 15.7 Å². The molecule has 2 aliphatic rings. The Bertz CT molecular complexity index is 298. The number of amides is 2. The number of carbonyl (C=O) groups excluding carboxylic acids is 1. The van der Waals surface area contributed by atoms with Crippen molar-refractivity contribution < 1.29 is 14.7 Å². The van der Waals surface area contributed by atoms with E-state index >= 15 is 0 Å². The summed E-state index contributed by atoms with van der Waals surface area (Å²) in [5, 5.41) is 14.2. The van der Waals surface area contributed by atoms with Crippen LogP contribution in [0, 0.1) is 11.8 Å². The normalized spacial score (nSPS) is 21.4. The van der Waals surface area contributed by atoms with Gasteiger partial charge in [-0.25, -0.2) is 9.59 Å². The van der Waals surface area contributed by atoms with E-state index in [-0.39, 0.29) is 11.9 Å². The minimum Gasteiger partial charge on any atom is -0.480 e. The lowest BCUT2D eigenvalue weighted by atomic mass is 9.83. The second-order valence-electron chi connectivity index (χ2n) is 5.14. The molecule has 0 aromatic heterocycles. The Hall–Kier alpha value is -1.26. The van der Waals surface area contributed by atoms with Crippen molar-refractivity contribution in [3.63, 3.8) is 0 Å². The molecule has 0 spiro atoms. The first kappa shape index (κ1) is 12.2. The third-order valence-corrected chi connectivity index (χ3v) is 3.71. The number of carboxylic acids is 1. The van der Waals surface area contributed by atoms with Crippen LogP contribution in [0.3, 0.4) is 0 Å². The Morgan fingerprint density at radius 2 is 1.94 bits per heavy atom. The number of carboxylic acid groups (broad SMARTS) is 1. The molecule has 0 radical (unpaired) electrons. The Morgan fingerprint density at radius 3 is 2.41 bits per heavy atom. The summed E-state index contributed by atoms with van der Waals surface area (Å²) < 4.78 is 0. The van der Waals surface area contributed by atoms with Crippen LogP contribution in [-0.2, 0) is 4.79 Å². The highest BCUT2D eigenvalue weighted by Gasteiger charge is 2.37. The van der Waals surface area contributed by atoms with Gasteiger partial charge in [0.05, 0.1) is 0 Å². The van der Waals surface area contributed by atoms with Crippen LogP contribution in [0.5, 0.6) is 0 Å². The van der Waals surface area contributed by atoms with Crippen LogP contribution in [0.2, 0.25) is 0 Å². The highest BCUT2D eigenvalue weighted by Crippen LogP contribution is 2.32. The minimum absolute atomic E-state index is 0.130. The molecule has 96 valence electrons. The van der Waals surface area contributed by atoms with Crippen molar-refractivity contribution in [3.8, 4) is 0 Å². The predicted octanol–water partition coefficient (Wildman–Crippen LogP) is 1.34. The second kappa shape index (κ2) is 5.38. The van der Waals surface area contributed by atoms with Gasteiger partial charge in [-0.2, -0.15) is 0 Å². The molecule has 2 saturated carbocycles. The van der Waals surface area contributed by atoms with Gasteiger partial charge in [-0.05, 0) is 31.1 Å². The molecule has 1 unspecified atom stereocenters. The Balaban J connectivity index is 1.62. The van der Waals surface area contributed by atoms with Crippen molar-refractivity contribution in [2.45, 2.75) is 44.6 Å². The van der Waals surface area contributed by atoms with Gasteiger partial charge in [0, 0.05) is 6.54 Å². The predicted molar refractivity (Wildman–Crippen MR) is 62.6 cm³/mol. The maximum Gasteiger partial charge on any atom is 0.326 e. The van der Waals surface area contributed by atoms with E-state index in [0.717, 1.165) is 25.2 Å².